The lowest BCUT2D eigenvalue weighted by Gasteiger charge is -2.24. The fraction of sp³-hybridized carbons (Fsp3) is 0.455. The molecule has 0 aliphatic carbocycles. The van der Waals surface area contributed by atoms with E-state index in [1.54, 1.807) is 6.20 Å². The van der Waals surface area contributed by atoms with Crippen LogP contribution in [0.1, 0.15) is 18.9 Å². The Morgan fingerprint density at radius 1 is 1.06 bits per heavy atom. The topological polar surface area (TPSA) is 166 Å². The van der Waals surface area contributed by atoms with E-state index in [-0.39, 0.29) is 18.6 Å². The minimum atomic E-state index is -1.16. The summed E-state index contributed by atoms with van der Waals surface area (Å²) in [5, 5.41) is 18.1. The van der Waals surface area contributed by atoms with Crippen LogP contribution in [-0.4, -0.2) is 75.7 Å². The average Bonchev–Trinajstić information content (AvgIpc) is 3.21. The molecule has 0 saturated heterocycles. The van der Waals surface area contributed by atoms with E-state index >= 15 is 0 Å². The Morgan fingerprint density at radius 3 is 2.29 bits per heavy atom. The summed E-state index contributed by atoms with van der Waals surface area (Å²) in [5.41, 5.74) is 7.20. The Morgan fingerprint density at radius 2 is 1.68 bits per heavy atom. The number of thiol groups is 1. The monoisotopic (exact) mass is 509 g/mol. The van der Waals surface area contributed by atoms with Crippen LogP contribution in [0.4, 0.5) is 0 Å². The number of benzene rings is 1. The number of thioether (sulfide) groups is 1. The number of carbonyl (C=O) groups is 4. The standard InChI is InChI=1S/C22H31N5O5S2/c1-12(23)19(28)27-18(11-33)21(30)26-17(20(29)25-16(22(31)32)7-8-34-2)9-13-10-24-15-6-4-3-5-14(13)15/h3-6,10,12,16-18,24,33H,7-9,11,23H2,1-2H3,(H,25,29)(H,26,30)(H,27,28)(H,31,32). The third-order valence-corrected chi connectivity index (χ3v) is 6.20. The van der Waals surface area contributed by atoms with Gasteiger partial charge in [-0.25, -0.2) is 4.79 Å². The van der Waals surface area contributed by atoms with Gasteiger partial charge in [0, 0.05) is 29.3 Å². The van der Waals surface area contributed by atoms with Gasteiger partial charge in [-0.15, -0.1) is 0 Å². The summed E-state index contributed by atoms with van der Waals surface area (Å²) in [6.45, 7) is 1.48. The zero-order valence-corrected chi connectivity index (χ0v) is 20.7. The maximum absolute atomic E-state index is 13.1. The van der Waals surface area contributed by atoms with Crippen molar-refractivity contribution in [1.29, 1.82) is 0 Å². The van der Waals surface area contributed by atoms with Gasteiger partial charge in [0.15, 0.2) is 0 Å². The third kappa shape index (κ3) is 7.67. The van der Waals surface area contributed by atoms with Crippen molar-refractivity contribution < 1.29 is 24.3 Å². The van der Waals surface area contributed by atoms with Crippen molar-refractivity contribution in [3.05, 3.63) is 36.0 Å². The molecular formula is C22H31N5O5S2. The van der Waals surface area contributed by atoms with E-state index in [2.05, 4.69) is 33.6 Å². The molecule has 0 radical (unpaired) electrons. The van der Waals surface area contributed by atoms with Gasteiger partial charge >= 0.3 is 5.97 Å². The van der Waals surface area contributed by atoms with Crippen LogP contribution in [0.25, 0.3) is 10.9 Å². The molecule has 4 unspecified atom stereocenters. The summed E-state index contributed by atoms with van der Waals surface area (Å²) in [4.78, 5) is 52.7. The average molecular weight is 510 g/mol. The highest BCUT2D eigenvalue weighted by Gasteiger charge is 2.30. The molecule has 1 heterocycles. The van der Waals surface area contributed by atoms with Gasteiger partial charge in [0.05, 0.1) is 6.04 Å². The number of carboxylic acids is 1. The summed E-state index contributed by atoms with van der Waals surface area (Å²) in [5.74, 6) is -2.42. The van der Waals surface area contributed by atoms with Crippen molar-refractivity contribution in [2.24, 2.45) is 5.73 Å². The van der Waals surface area contributed by atoms with Crippen molar-refractivity contribution in [3.8, 4) is 0 Å². The first-order valence-corrected chi connectivity index (χ1v) is 12.7. The van der Waals surface area contributed by atoms with Gasteiger partial charge in [-0.05, 0) is 37.0 Å². The van der Waals surface area contributed by atoms with Gasteiger partial charge in [0.1, 0.15) is 18.1 Å². The Kier molecular flexibility index (Phi) is 10.7. The summed E-state index contributed by atoms with van der Waals surface area (Å²) in [6.07, 6.45) is 3.93. The first-order valence-electron chi connectivity index (χ1n) is 10.7. The number of aromatic nitrogens is 1. The van der Waals surface area contributed by atoms with Crippen molar-refractivity contribution >= 4 is 59.0 Å². The van der Waals surface area contributed by atoms with Gasteiger partial charge in [-0.2, -0.15) is 24.4 Å². The molecule has 3 amide bonds. The van der Waals surface area contributed by atoms with Crippen LogP contribution in [0.15, 0.2) is 30.5 Å². The van der Waals surface area contributed by atoms with Crippen molar-refractivity contribution in [1.82, 2.24) is 20.9 Å². The number of rotatable bonds is 13. The number of aliphatic carboxylic acids is 1. The number of para-hydroxylation sites is 1. The number of aromatic amines is 1. The molecule has 10 nitrogen and oxygen atoms in total. The lowest BCUT2D eigenvalue weighted by Crippen LogP contribution is -2.58. The molecule has 0 aliphatic rings. The molecule has 7 N–H and O–H groups in total. The molecule has 186 valence electrons. The van der Waals surface area contributed by atoms with Crippen molar-refractivity contribution in [3.63, 3.8) is 0 Å². The number of carboxylic acid groups (broad SMARTS) is 1. The van der Waals surface area contributed by atoms with E-state index in [0.717, 1.165) is 16.5 Å². The van der Waals surface area contributed by atoms with Crippen LogP contribution in [-0.2, 0) is 25.6 Å². The van der Waals surface area contributed by atoms with E-state index in [0.29, 0.717) is 5.75 Å². The smallest absolute Gasteiger partial charge is 0.326 e. The molecule has 0 aliphatic heterocycles. The van der Waals surface area contributed by atoms with Crippen molar-refractivity contribution in [2.45, 2.75) is 43.9 Å². The molecule has 2 rings (SSSR count). The predicted octanol–water partition coefficient (Wildman–Crippen LogP) is 0.280. The Balaban J connectivity index is 2.26. The number of nitrogens with two attached hydrogens (primary N) is 1. The van der Waals surface area contributed by atoms with Gasteiger partial charge in [0.25, 0.3) is 0 Å². The lowest BCUT2D eigenvalue weighted by atomic mass is 10.0. The molecule has 0 spiro atoms. The second kappa shape index (κ2) is 13.3. The number of nitrogens with one attached hydrogen (secondary N) is 4. The zero-order chi connectivity index (χ0) is 25.3. The molecule has 0 fully saturated rings. The van der Waals surface area contributed by atoms with Gasteiger partial charge < -0.3 is 31.8 Å². The van der Waals surface area contributed by atoms with Crippen LogP contribution in [0.2, 0.25) is 0 Å². The van der Waals surface area contributed by atoms with Crippen LogP contribution in [0.3, 0.4) is 0 Å². The van der Waals surface area contributed by atoms with E-state index in [1.807, 2.05) is 30.5 Å². The molecule has 12 heteroatoms. The normalized spacial score (nSPS) is 14.6. The first kappa shape index (κ1) is 27.5. The van der Waals surface area contributed by atoms with Crippen LogP contribution in [0.5, 0.6) is 0 Å². The Bertz CT molecular complexity index is 1010. The summed E-state index contributed by atoms with van der Waals surface area (Å²) in [6, 6.07) is 3.47. The number of H-pyrrole nitrogens is 1. The van der Waals surface area contributed by atoms with Crippen LogP contribution >= 0.6 is 24.4 Å². The SMILES string of the molecule is CSCCC(NC(=O)C(Cc1c[nH]c2ccccc12)NC(=O)C(CS)NC(=O)C(C)N)C(=O)O. The lowest BCUT2D eigenvalue weighted by molar-refractivity contribution is -0.142. The summed E-state index contributed by atoms with van der Waals surface area (Å²) < 4.78 is 0. The largest absolute Gasteiger partial charge is 0.480 e. The first-order chi connectivity index (χ1) is 16.2. The maximum Gasteiger partial charge on any atom is 0.326 e. The fourth-order valence-corrected chi connectivity index (χ4v) is 3.99. The molecule has 4 atom stereocenters. The summed E-state index contributed by atoms with van der Waals surface area (Å²) in [7, 11) is 0. The number of amides is 3. The number of fused-ring (bicyclic) bond motifs is 1. The van der Waals surface area contributed by atoms with Crippen molar-refractivity contribution in [2.75, 3.05) is 17.8 Å². The quantitative estimate of drug-likeness (QED) is 0.190. The molecule has 34 heavy (non-hydrogen) atoms. The van der Waals surface area contributed by atoms with E-state index in [1.165, 1.54) is 18.7 Å². The second-order valence-corrected chi connectivity index (χ2v) is 9.19. The van der Waals surface area contributed by atoms with Gasteiger partial charge in [-0.1, -0.05) is 18.2 Å². The molecule has 0 saturated carbocycles. The van der Waals surface area contributed by atoms with Crippen LogP contribution < -0.4 is 21.7 Å². The number of hydrogen-bond donors (Lipinski definition) is 7. The van der Waals surface area contributed by atoms with Crippen LogP contribution in [0, 0.1) is 0 Å². The molecule has 0 bridgehead atoms. The molecular weight excluding hydrogens is 478 g/mol. The highest BCUT2D eigenvalue weighted by atomic mass is 32.2. The Labute approximate surface area is 207 Å². The zero-order valence-electron chi connectivity index (χ0n) is 19.0. The highest BCUT2D eigenvalue weighted by molar-refractivity contribution is 7.98. The third-order valence-electron chi connectivity index (χ3n) is 5.19. The highest BCUT2D eigenvalue weighted by Crippen LogP contribution is 2.19. The van der Waals surface area contributed by atoms with E-state index < -0.39 is 47.9 Å². The molecule has 1 aromatic carbocycles. The molecule has 1 aromatic heterocycles. The molecule has 2 aromatic rings. The second-order valence-electron chi connectivity index (χ2n) is 7.84. The predicted molar refractivity (Wildman–Crippen MR) is 136 cm³/mol. The number of carbonyl (C=O) groups excluding carboxylic acids is 3. The fourth-order valence-electron chi connectivity index (χ4n) is 3.26. The minimum Gasteiger partial charge on any atom is -0.480 e. The van der Waals surface area contributed by atoms with E-state index in [4.69, 9.17) is 5.73 Å². The van der Waals surface area contributed by atoms with E-state index in [9.17, 15) is 24.3 Å². The summed E-state index contributed by atoms with van der Waals surface area (Å²) >= 11 is 5.59. The number of hydrogen-bond acceptors (Lipinski definition) is 7. The van der Waals surface area contributed by atoms with Gasteiger partial charge in [0.2, 0.25) is 17.7 Å². The van der Waals surface area contributed by atoms with Gasteiger partial charge in [-0.3, -0.25) is 14.4 Å². The minimum absolute atomic E-state index is 0.0167. The Hall–Kier alpha value is -2.70. The maximum atomic E-state index is 13.1.